The first-order valence-corrected chi connectivity index (χ1v) is 7.42. The van der Waals surface area contributed by atoms with Gasteiger partial charge in [-0.1, -0.05) is 13.8 Å². The van der Waals surface area contributed by atoms with E-state index in [1.807, 2.05) is 6.26 Å². The Kier molecular flexibility index (Phi) is 5.53. The SMILES string of the molecule is CCOC(=O)c1c(SC)nn(C(CC)CC)c1N. The summed E-state index contributed by atoms with van der Waals surface area (Å²) in [4.78, 5) is 11.9. The number of ether oxygens (including phenoxy) is 1. The van der Waals surface area contributed by atoms with Crippen molar-refractivity contribution >= 4 is 23.5 Å². The highest BCUT2D eigenvalue weighted by Gasteiger charge is 2.25. The number of aromatic nitrogens is 2. The topological polar surface area (TPSA) is 70.1 Å². The summed E-state index contributed by atoms with van der Waals surface area (Å²) in [6.07, 6.45) is 3.73. The summed E-state index contributed by atoms with van der Waals surface area (Å²) in [5.74, 6) is 0.0167. The third kappa shape index (κ3) is 2.80. The van der Waals surface area contributed by atoms with Crippen LogP contribution in [0.4, 0.5) is 5.82 Å². The van der Waals surface area contributed by atoms with Gasteiger partial charge in [-0.25, -0.2) is 9.48 Å². The Bertz CT molecular complexity index is 414. The summed E-state index contributed by atoms with van der Waals surface area (Å²) in [6, 6.07) is 0.221. The molecule has 0 aliphatic rings. The minimum Gasteiger partial charge on any atom is -0.462 e. The van der Waals surface area contributed by atoms with Crippen LogP contribution in [0.2, 0.25) is 0 Å². The van der Waals surface area contributed by atoms with Crippen molar-refractivity contribution in [2.24, 2.45) is 0 Å². The van der Waals surface area contributed by atoms with Crippen LogP contribution in [0.3, 0.4) is 0 Å². The number of nitrogens with zero attached hydrogens (tertiary/aromatic N) is 2. The van der Waals surface area contributed by atoms with Crippen molar-refractivity contribution in [1.29, 1.82) is 0 Å². The van der Waals surface area contributed by atoms with E-state index >= 15 is 0 Å². The highest BCUT2D eigenvalue weighted by atomic mass is 32.2. The maximum absolute atomic E-state index is 11.9. The highest BCUT2D eigenvalue weighted by molar-refractivity contribution is 7.98. The predicted octanol–water partition coefficient (Wildman–Crippen LogP) is 2.73. The van der Waals surface area contributed by atoms with Crippen LogP contribution in [0.1, 0.15) is 50.0 Å². The summed E-state index contributed by atoms with van der Waals surface area (Å²) in [5.41, 5.74) is 6.45. The van der Waals surface area contributed by atoms with Gasteiger partial charge in [-0.3, -0.25) is 0 Å². The van der Waals surface area contributed by atoms with E-state index in [4.69, 9.17) is 10.5 Å². The van der Waals surface area contributed by atoms with Crippen LogP contribution in [0.5, 0.6) is 0 Å². The van der Waals surface area contributed by atoms with Gasteiger partial charge >= 0.3 is 5.97 Å². The molecule has 1 rings (SSSR count). The molecule has 0 saturated carbocycles. The zero-order valence-corrected chi connectivity index (χ0v) is 12.2. The first-order valence-electron chi connectivity index (χ1n) is 6.19. The molecule has 0 atom stereocenters. The molecule has 1 aromatic heterocycles. The van der Waals surface area contributed by atoms with Crippen molar-refractivity contribution in [3.8, 4) is 0 Å². The lowest BCUT2D eigenvalue weighted by molar-refractivity contribution is 0.0523. The number of anilines is 1. The van der Waals surface area contributed by atoms with Crippen molar-refractivity contribution < 1.29 is 9.53 Å². The second-order valence-electron chi connectivity index (χ2n) is 3.90. The lowest BCUT2D eigenvalue weighted by Gasteiger charge is -2.14. The minimum absolute atomic E-state index is 0.221. The number of nitrogen functional groups attached to an aromatic ring is 1. The number of nitrogens with two attached hydrogens (primary N) is 1. The van der Waals surface area contributed by atoms with Crippen molar-refractivity contribution in [1.82, 2.24) is 9.78 Å². The number of carbonyl (C=O) groups excluding carboxylic acids is 1. The monoisotopic (exact) mass is 271 g/mol. The van der Waals surface area contributed by atoms with Gasteiger partial charge in [0, 0.05) is 0 Å². The van der Waals surface area contributed by atoms with Crippen molar-refractivity contribution in [2.75, 3.05) is 18.6 Å². The van der Waals surface area contributed by atoms with E-state index in [1.54, 1.807) is 11.6 Å². The molecule has 5 nitrogen and oxygen atoms in total. The number of carbonyl (C=O) groups is 1. The first kappa shape index (κ1) is 14.9. The Labute approximate surface area is 112 Å². The van der Waals surface area contributed by atoms with Crippen LogP contribution in [-0.2, 0) is 4.74 Å². The number of thioether (sulfide) groups is 1. The van der Waals surface area contributed by atoms with Crippen LogP contribution in [0.25, 0.3) is 0 Å². The van der Waals surface area contributed by atoms with Crippen molar-refractivity contribution in [3.63, 3.8) is 0 Å². The van der Waals surface area contributed by atoms with Gasteiger partial charge in [0.1, 0.15) is 16.4 Å². The molecule has 0 unspecified atom stereocenters. The van der Waals surface area contributed by atoms with E-state index in [-0.39, 0.29) is 6.04 Å². The van der Waals surface area contributed by atoms with E-state index in [1.165, 1.54) is 11.8 Å². The molecule has 1 heterocycles. The molecule has 0 aliphatic heterocycles. The standard InChI is InChI=1S/C12H21N3O2S/c1-5-8(6-2)15-10(13)9(11(14-15)18-4)12(16)17-7-3/h8H,5-7,13H2,1-4H3. The average molecular weight is 271 g/mol. The van der Waals surface area contributed by atoms with Gasteiger partial charge in [-0.2, -0.15) is 5.10 Å². The third-order valence-corrected chi connectivity index (χ3v) is 3.55. The maximum atomic E-state index is 11.9. The van der Waals surface area contributed by atoms with Crippen molar-refractivity contribution in [3.05, 3.63) is 5.56 Å². The molecule has 0 aliphatic carbocycles. The number of esters is 1. The van der Waals surface area contributed by atoms with Crippen LogP contribution in [0, 0.1) is 0 Å². The zero-order chi connectivity index (χ0) is 13.7. The lowest BCUT2D eigenvalue weighted by Crippen LogP contribution is -2.14. The maximum Gasteiger partial charge on any atom is 0.344 e. The predicted molar refractivity (Wildman–Crippen MR) is 74.0 cm³/mol. The molecular formula is C12H21N3O2S. The summed E-state index contributed by atoms with van der Waals surface area (Å²) >= 11 is 1.41. The van der Waals surface area contributed by atoms with Gasteiger partial charge < -0.3 is 10.5 Å². The molecule has 0 saturated heterocycles. The molecular weight excluding hydrogens is 250 g/mol. The molecule has 0 spiro atoms. The fraction of sp³-hybridized carbons (Fsp3) is 0.667. The van der Waals surface area contributed by atoms with E-state index in [9.17, 15) is 4.79 Å². The summed E-state index contributed by atoms with van der Waals surface area (Å²) in [5, 5.41) is 5.06. The molecule has 0 aromatic carbocycles. The van der Waals surface area contributed by atoms with E-state index in [0.29, 0.717) is 23.0 Å². The molecule has 2 N–H and O–H groups in total. The van der Waals surface area contributed by atoms with Gasteiger partial charge in [0.05, 0.1) is 12.6 Å². The van der Waals surface area contributed by atoms with Gasteiger partial charge in [-0.05, 0) is 26.0 Å². The zero-order valence-electron chi connectivity index (χ0n) is 11.4. The first-order chi connectivity index (χ1) is 8.60. The van der Waals surface area contributed by atoms with Crippen LogP contribution in [0.15, 0.2) is 5.03 Å². The molecule has 6 heteroatoms. The minimum atomic E-state index is -0.392. The van der Waals surface area contributed by atoms with Gasteiger partial charge in [0.25, 0.3) is 0 Å². The van der Waals surface area contributed by atoms with Gasteiger partial charge in [0.15, 0.2) is 0 Å². The number of hydrogen-bond acceptors (Lipinski definition) is 5. The molecule has 18 heavy (non-hydrogen) atoms. The summed E-state index contributed by atoms with van der Waals surface area (Å²) < 4.78 is 6.77. The highest BCUT2D eigenvalue weighted by Crippen LogP contribution is 2.29. The molecule has 0 radical (unpaired) electrons. The Hall–Kier alpha value is -1.17. The van der Waals surface area contributed by atoms with Crippen LogP contribution < -0.4 is 5.73 Å². The summed E-state index contributed by atoms with van der Waals surface area (Å²) in [6.45, 7) is 6.27. The Morgan fingerprint density at radius 3 is 2.50 bits per heavy atom. The second-order valence-corrected chi connectivity index (χ2v) is 4.70. The average Bonchev–Trinajstić information content (AvgIpc) is 2.69. The quantitative estimate of drug-likeness (QED) is 0.636. The van der Waals surface area contributed by atoms with E-state index < -0.39 is 5.97 Å². The smallest absolute Gasteiger partial charge is 0.344 e. The largest absolute Gasteiger partial charge is 0.462 e. The molecule has 102 valence electrons. The third-order valence-electron chi connectivity index (χ3n) is 2.88. The Balaban J connectivity index is 3.21. The van der Waals surface area contributed by atoms with Gasteiger partial charge in [-0.15, -0.1) is 11.8 Å². The number of hydrogen-bond donors (Lipinski definition) is 1. The molecule has 0 amide bonds. The van der Waals surface area contributed by atoms with E-state index in [2.05, 4.69) is 18.9 Å². The fourth-order valence-electron chi connectivity index (χ4n) is 1.88. The number of rotatable bonds is 6. The molecule has 0 bridgehead atoms. The Morgan fingerprint density at radius 1 is 1.44 bits per heavy atom. The molecule has 0 fully saturated rings. The van der Waals surface area contributed by atoms with Gasteiger partial charge in [0.2, 0.25) is 0 Å². The second kappa shape index (κ2) is 6.68. The van der Waals surface area contributed by atoms with Crippen LogP contribution in [-0.4, -0.2) is 28.6 Å². The van der Waals surface area contributed by atoms with Crippen LogP contribution >= 0.6 is 11.8 Å². The molecule has 1 aromatic rings. The Morgan fingerprint density at radius 2 is 2.06 bits per heavy atom. The van der Waals surface area contributed by atoms with E-state index in [0.717, 1.165) is 12.8 Å². The summed E-state index contributed by atoms with van der Waals surface area (Å²) in [7, 11) is 0. The lowest BCUT2D eigenvalue weighted by atomic mass is 10.2. The normalized spacial score (nSPS) is 10.9. The van der Waals surface area contributed by atoms with Crippen molar-refractivity contribution in [2.45, 2.75) is 44.7 Å². The fourth-order valence-corrected chi connectivity index (χ4v) is 2.44.